The summed E-state index contributed by atoms with van der Waals surface area (Å²) >= 11 is 1.48. The highest BCUT2D eigenvalue weighted by Gasteiger charge is 2.30. The van der Waals surface area contributed by atoms with E-state index in [2.05, 4.69) is 16.4 Å². The van der Waals surface area contributed by atoms with Crippen molar-refractivity contribution in [3.8, 4) is 11.3 Å². The molecule has 0 N–H and O–H groups in total. The van der Waals surface area contributed by atoms with Gasteiger partial charge in [-0.3, -0.25) is 0 Å². The van der Waals surface area contributed by atoms with E-state index in [-0.39, 0.29) is 12.4 Å². The first-order valence-corrected chi connectivity index (χ1v) is 9.44. The third kappa shape index (κ3) is 5.60. The molecular weight excluding hydrogens is 408 g/mol. The van der Waals surface area contributed by atoms with E-state index in [1.54, 1.807) is 6.07 Å². The number of hydrogen-bond donors (Lipinski definition) is 0. The maximum absolute atomic E-state index is 12.8. The van der Waals surface area contributed by atoms with Gasteiger partial charge in [-0.05, 0) is 30.3 Å². The van der Waals surface area contributed by atoms with Gasteiger partial charge < -0.3 is 9.36 Å². The van der Waals surface area contributed by atoms with Crippen molar-refractivity contribution in [2.45, 2.75) is 16.8 Å². The molecule has 3 aromatic rings. The second kappa shape index (κ2) is 9.60. The molecule has 0 aliphatic rings. The Bertz CT molecular complexity index is 941. The van der Waals surface area contributed by atoms with Crippen LogP contribution in [0.15, 0.2) is 63.1 Å². The molecule has 1 heterocycles. The summed E-state index contributed by atoms with van der Waals surface area (Å²) in [5, 5.41) is 7.73. The Morgan fingerprint density at radius 2 is 2.00 bits per heavy atom. The molecule has 0 bridgehead atoms. The molecule has 0 unspecified atom stereocenters. The van der Waals surface area contributed by atoms with E-state index in [1.807, 2.05) is 18.2 Å². The molecule has 3 rings (SSSR count). The van der Waals surface area contributed by atoms with Crippen LogP contribution in [0.2, 0.25) is 0 Å². The number of halogens is 4. The van der Waals surface area contributed by atoms with Crippen molar-refractivity contribution < 1.29 is 26.9 Å². The van der Waals surface area contributed by atoms with Crippen LogP contribution in [-0.2, 0) is 16.8 Å². The van der Waals surface area contributed by atoms with E-state index in [0.29, 0.717) is 22.6 Å². The van der Waals surface area contributed by atoms with Crippen LogP contribution in [0, 0.1) is 6.07 Å². The second-order valence-corrected chi connectivity index (χ2v) is 6.78. The van der Waals surface area contributed by atoms with E-state index < -0.39 is 18.4 Å². The van der Waals surface area contributed by atoms with Crippen molar-refractivity contribution >= 4 is 18.0 Å². The fourth-order valence-corrected chi connectivity index (χ4v) is 3.22. The smallest absolute Gasteiger partial charge is 0.393 e. The molecule has 0 spiro atoms. The van der Waals surface area contributed by atoms with Gasteiger partial charge in [0.05, 0.1) is 17.3 Å². The number of alkyl halides is 4. The Kier molecular flexibility index (Phi) is 6.92. The zero-order chi connectivity index (χ0) is 20.7. The maximum atomic E-state index is 12.8. The molecule has 0 aliphatic carbocycles. The summed E-state index contributed by atoms with van der Waals surface area (Å²) in [5.74, 6) is 0.675. The molecule has 9 heteroatoms. The van der Waals surface area contributed by atoms with Crippen LogP contribution in [-0.4, -0.2) is 24.7 Å². The van der Waals surface area contributed by atoms with Crippen LogP contribution in [0.4, 0.5) is 17.6 Å². The van der Waals surface area contributed by atoms with Crippen molar-refractivity contribution in [3.63, 3.8) is 0 Å². The third-order valence-electron chi connectivity index (χ3n) is 3.76. The topological polar surface area (TPSA) is 47.6 Å². The molecule has 0 atom stereocenters. The molecule has 4 nitrogen and oxygen atoms in total. The number of hydrogen-bond acceptors (Lipinski definition) is 5. The molecule has 2 aromatic carbocycles. The van der Waals surface area contributed by atoms with Crippen molar-refractivity contribution in [1.29, 1.82) is 0 Å². The lowest BCUT2D eigenvalue weighted by atomic mass is 10.1. The Morgan fingerprint density at radius 1 is 1.21 bits per heavy atom. The molecule has 0 saturated heterocycles. The van der Waals surface area contributed by atoms with Gasteiger partial charge in [0.2, 0.25) is 0 Å². The first-order chi connectivity index (χ1) is 14.0. The van der Waals surface area contributed by atoms with Crippen LogP contribution in [0.1, 0.15) is 16.8 Å². The monoisotopic (exact) mass is 423 g/mol. The maximum Gasteiger partial charge on any atom is 0.416 e. The number of benzene rings is 2. The van der Waals surface area contributed by atoms with Crippen LogP contribution in [0.5, 0.6) is 0 Å². The molecule has 1 radical (unpaired) electrons. The highest BCUT2D eigenvalue weighted by Crippen LogP contribution is 2.33. The molecule has 0 aliphatic heterocycles. The van der Waals surface area contributed by atoms with Crippen molar-refractivity contribution in [3.05, 3.63) is 71.4 Å². The lowest BCUT2D eigenvalue weighted by Gasteiger charge is -2.06. The number of nitrogens with zero attached hydrogens (tertiary/aromatic N) is 2. The summed E-state index contributed by atoms with van der Waals surface area (Å²) in [5.41, 5.74) is 0.623. The fraction of sp³-hybridized carbons (Fsp3) is 0.200. The lowest BCUT2D eigenvalue weighted by Crippen LogP contribution is -2.04. The SMILES string of the molecule is FCCON=Cc1c(CSc2c[c]ccc2)noc1-c1ccc(C(F)(F)F)cc1. The first kappa shape index (κ1) is 20.9. The normalized spacial score (nSPS) is 11.9. The molecule has 29 heavy (non-hydrogen) atoms. The van der Waals surface area contributed by atoms with E-state index in [9.17, 15) is 17.6 Å². The summed E-state index contributed by atoms with van der Waals surface area (Å²) in [6, 6.07) is 14.9. The minimum atomic E-state index is -4.43. The Labute approximate surface area is 168 Å². The second-order valence-electron chi connectivity index (χ2n) is 5.73. The largest absolute Gasteiger partial charge is 0.416 e. The highest BCUT2D eigenvalue weighted by atomic mass is 32.2. The number of thioether (sulfide) groups is 1. The van der Waals surface area contributed by atoms with Crippen molar-refractivity contribution in [1.82, 2.24) is 5.16 Å². The number of rotatable bonds is 8. The van der Waals surface area contributed by atoms with Gasteiger partial charge in [0.25, 0.3) is 0 Å². The van der Waals surface area contributed by atoms with E-state index in [4.69, 9.17) is 9.36 Å². The van der Waals surface area contributed by atoms with Gasteiger partial charge >= 0.3 is 6.18 Å². The molecule has 0 fully saturated rings. The third-order valence-corrected chi connectivity index (χ3v) is 4.76. The van der Waals surface area contributed by atoms with Crippen molar-refractivity contribution in [2.24, 2.45) is 5.16 Å². The average Bonchev–Trinajstić information content (AvgIpc) is 3.12. The van der Waals surface area contributed by atoms with Crippen LogP contribution >= 0.6 is 11.8 Å². The van der Waals surface area contributed by atoms with Gasteiger partial charge in [-0.15, -0.1) is 11.8 Å². The minimum Gasteiger partial charge on any atom is -0.393 e. The lowest BCUT2D eigenvalue weighted by molar-refractivity contribution is -0.137. The molecule has 151 valence electrons. The van der Waals surface area contributed by atoms with Crippen LogP contribution < -0.4 is 0 Å². The summed E-state index contributed by atoms with van der Waals surface area (Å²) in [7, 11) is 0. The van der Waals surface area contributed by atoms with Gasteiger partial charge in [-0.2, -0.15) is 13.2 Å². The zero-order valence-electron chi connectivity index (χ0n) is 14.9. The van der Waals surface area contributed by atoms with Crippen LogP contribution in [0.25, 0.3) is 11.3 Å². The number of oxime groups is 1. The quantitative estimate of drug-likeness (QED) is 0.152. The average molecular weight is 423 g/mol. The van der Waals surface area contributed by atoms with Gasteiger partial charge in [-0.25, -0.2) is 4.39 Å². The molecule has 1 aromatic heterocycles. The van der Waals surface area contributed by atoms with Gasteiger partial charge in [-0.1, -0.05) is 34.6 Å². The van der Waals surface area contributed by atoms with Gasteiger partial charge in [0.1, 0.15) is 19.0 Å². The van der Waals surface area contributed by atoms with Gasteiger partial charge in [0, 0.05) is 16.2 Å². The summed E-state index contributed by atoms with van der Waals surface area (Å²) in [4.78, 5) is 5.75. The minimum absolute atomic E-state index is 0.207. The fourth-order valence-electron chi connectivity index (χ4n) is 2.38. The first-order valence-electron chi connectivity index (χ1n) is 8.45. The molecule has 0 saturated carbocycles. The van der Waals surface area contributed by atoms with E-state index >= 15 is 0 Å². The predicted molar refractivity (Wildman–Crippen MR) is 101 cm³/mol. The Hall–Kier alpha value is -2.81. The van der Waals surface area contributed by atoms with Crippen molar-refractivity contribution in [2.75, 3.05) is 13.3 Å². The van der Waals surface area contributed by atoms with Gasteiger partial charge in [0.15, 0.2) is 5.76 Å². The predicted octanol–water partition coefficient (Wildman–Crippen LogP) is 5.77. The highest BCUT2D eigenvalue weighted by molar-refractivity contribution is 7.98. The summed E-state index contributed by atoms with van der Waals surface area (Å²) in [6.07, 6.45) is -3.11. The van der Waals surface area contributed by atoms with E-state index in [1.165, 1.54) is 30.1 Å². The standard InChI is InChI=1S/C20H15F4N2O2S/c21-10-11-27-25-12-17-18(13-29-16-4-2-1-3-5-16)26-28-19(17)14-6-8-15(9-7-14)20(22,23)24/h1-2,4-9,12H,10-11,13H2. The van der Waals surface area contributed by atoms with Crippen LogP contribution in [0.3, 0.4) is 0 Å². The Morgan fingerprint density at radius 3 is 2.66 bits per heavy atom. The molecular formula is C20H15F4N2O2S. The zero-order valence-corrected chi connectivity index (χ0v) is 15.8. The molecule has 0 amide bonds. The van der Waals surface area contributed by atoms with E-state index in [0.717, 1.165) is 17.0 Å². The summed E-state index contributed by atoms with van der Waals surface area (Å²) in [6.45, 7) is -0.902. The Balaban J connectivity index is 1.87. The number of aromatic nitrogens is 1. The summed E-state index contributed by atoms with van der Waals surface area (Å²) < 4.78 is 56.0.